The second-order valence-electron chi connectivity index (χ2n) is 4.39. The lowest BCUT2D eigenvalue weighted by atomic mass is 10.2. The second kappa shape index (κ2) is 7.80. The Bertz CT molecular complexity index is 362. The van der Waals surface area contributed by atoms with Crippen LogP contribution in [0.25, 0.3) is 0 Å². The van der Waals surface area contributed by atoms with Gasteiger partial charge in [0.25, 0.3) is 0 Å². The molecule has 0 aromatic carbocycles. The highest BCUT2D eigenvalue weighted by Gasteiger charge is 2.15. The normalized spacial score (nSPS) is 10.4. The van der Waals surface area contributed by atoms with Crippen molar-refractivity contribution in [3.05, 3.63) is 18.0 Å². The van der Waals surface area contributed by atoms with E-state index in [1.807, 2.05) is 26.2 Å². The van der Waals surface area contributed by atoms with E-state index in [1.165, 1.54) is 0 Å². The predicted molar refractivity (Wildman–Crippen MR) is 73.6 cm³/mol. The smallest absolute Gasteiger partial charge is 0.232 e. The number of anilines is 1. The molecule has 0 saturated heterocycles. The van der Waals surface area contributed by atoms with Gasteiger partial charge >= 0.3 is 0 Å². The summed E-state index contributed by atoms with van der Waals surface area (Å²) in [5.74, 6) is 0.613. The average Bonchev–Trinajstić information content (AvgIpc) is 2.42. The van der Waals surface area contributed by atoms with Crippen molar-refractivity contribution >= 4 is 11.9 Å². The zero-order valence-electron chi connectivity index (χ0n) is 11.6. The highest BCUT2D eigenvalue weighted by molar-refractivity contribution is 5.91. The largest absolute Gasteiger partial charge is 0.281 e. The van der Waals surface area contributed by atoms with Crippen LogP contribution in [0.15, 0.2) is 12.4 Å². The Hall–Kier alpha value is -1.45. The fourth-order valence-electron chi connectivity index (χ4n) is 1.75. The highest BCUT2D eigenvalue weighted by Crippen LogP contribution is 2.11. The number of hydrogen-bond acceptors (Lipinski definition) is 3. The summed E-state index contributed by atoms with van der Waals surface area (Å²) in [6.07, 6.45) is 8.39. The molecule has 0 atom stereocenters. The number of hydrogen-bond donors (Lipinski definition) is 0. The quantitative estimate of drug-likeness (QED) is 0.746. The Labute approximate surface area is 109 Å². The monoisotopic (exact) mass is 249 g/mol. The topological polar surface area (TPSA) is 46.1 Å². The molecule has 0 spiro atoms. The predicted octanol–water partition coefficient (Wildman–Crippen LogP) is 2.97. The third-order valence-electron chi connectivity index (χ3n) is 2.80. The maximum Gasteiger partial charge on any atom is 0.232 e. The van der Waals surface area contributed by atoms with Crippen molar-refractivity contribution in [3.8, 4) is 0 Å². The van der Waals surface area contributed by atoms with Gasteiger partial charge < -0.3 is 0 Å². The Kier molecular flexibility index (Phi) is 6.33. The van der Waals surface area contributed by atoms with Crippen molar-refractivity contribution in [1.82, 2.24) is 9.97 Å². The van der Waals surface area contributed by atoms with Gasteiger partial charge in [-0.1, -0.05) is 27.2 Å². The number of amides is 1. The molecule has 1 aromatic heterocycles. The van der Waals surface area contributed by atoms with Gasteiger partial charge in [0, 0.05) is 25.4 Å². The number of carbonyl (C=O) groups is 1. The molecular weight excluding hydrogens is 226 g/mol. The fraction of sp³-hybridized carbons (Fsp3) is 0.643. The molecule has 1 aromatic rings. The summed E-state index contributed by atoms with van der Waals surface area (Å²) in [5.41, 5.74) is 1.14. The van der Waals surface area contributed by atoms with Crippen LogP contribution < -0.4 is 4.90 Å². The van der Waals surface area contributed by atoms with E-state index >= 15 is 0 Å². The van der Waals surface area contributed by atoms with Gasteiger partial charge in [0.1, 0.15) is 0 Å². The lowest BCUT2D eigenvalue weighted by Crippen LogP contribution is -2.32. The molecule has 18 heavy (non-hydrogen) atoms. The summed E-state index contributed by atoms with van der Waals surface area (Å²) < 4.78 is 0. The standard InChI is InChI=1S/C14H23N3O/c1-4-7-8-12-10-15-14(16-11-12)17(9-5-2)13(18)6-3/h10-11H,4-9H2,1-3H3. The van der Waals surface area contributed by atoms with Gasteiger partial charge in [-0.25, -0.2) is 9.97 Å². The number of nitrogens with zero attached hydrogens (tertiary/aromatic N) is 3. The molecule has 0 aliphatic heterocycles. The van der Waals surface area contributed by atoms with Crippen molar-refractivity contribution in [3.63, 3.8) is 0 Å². The van der Waals surface area contributed by atoms with Gasteiger partial charge in [-0.15, -0.1) is 0 Å². The maximum atomic E-state index is 11.8. The van der Waals surface area contributed by atoms with Crippen molar-refractivity contribution in [2.45, 2.75) is 52.9 Å². The third-order valence-corrected chi connectivity index (χ3v) is 2.80. The van der Waals surface area contributed by atoms with Crippen LogP contribution in [0.1, 0.15) is 52.0 Å². The molecule has 1 amide bonds. The van der Waals surface area contributed by atoms with Crippen LogP contribution in [0, 0.1) is 0 Å². The first kappa shape index (κ1) is 14.6. The first-order valence-electron chi connectivity index (χ1n) is 6.84. The molecule has 1 rings (SSSR count). The molecule has 0 fully saturated rings. The molecule has 0 aliphatic rings. The summed E-state index contributed by atoms with van der Waals surface area (Å²) >= 11 is 0. The Morgan fingerprint density at radius 3 is 2.33 bits per heavy atom. The lowest BCUT2D eigenvalue weighted by molar-refractivity contribution is -0.118. The summed E-state index contributed by atoms with van der Waals surface area (Å²) in [6.45, 7) is 6.76. The molecule has 0 aliphatic carbocycles. The van der Waals surface area contributed by atoms with E-state index in [-0.39, 0.29) is 5.91 Å². The van der Waals surface area contributed by atoms with Crippen LogP contribution >= 0.6 is 0 Å². The Morgan fingerprint density at radius 2 is 1.83 bits per heavy atom. The van der Waals surface area contributed by atoms with Crippen molar-refractivity contribution < 1.29 is 4.79 Å². The number of aromatic nitrogens is 2. The minimum atomic E-state index is 0.0816. The van der Waals surface area contributed by atoms with E-state index in [0.717, 1.165) is 31.2 Å². The molecule has 4 nitrogen and oxygen atoms in total. The summed E-state index contributed by atoms with van der Waals surface area (Å²) in [6, 6.07) is 0. The van der Waals surface area contributed by atoms with Gasteiger partial charge in [0.2, 0.25) is 11.9 Å². The van der Waals surface area contributed by atoms with E-state index in [9.17, 15) is 4.79 Å². The number of aryl methyl sites for hydroxylation is 1. The summed E-state index contributed by atoms with van der Waals surface area (Å²) in [4.78, 5) is 22.1. The molecule has 0 unspecified atom stereocenters. The van der Waals surface area contributed by atoms with E-state index in [2.05, 4.69) is 16.9 Å². The van der Waals surface area contributed by atoms with Gasteiger partial charge in [0.05, 0.1) is 0 Å². The zero-order valence-corrected chi connectivity index (χ0v) is 11.6. The van der Waals surface area contributed by atoms with Gasteiger partial charge in [-0.2, -0.15) is 0 Å². The maximum absolute atomic E-state index is 11.8. The van der Waals surface area contributed by atoms with Gasteiger partial charge in [-0.3, -0.25) is 9.69 Å². The van der Waals surface area contributed by atoms with Crippen LogP contribution in [-0.2, 0) is 11.2 Å². The number of unbranched alkanes of at least 4 members (excludes halogenated alkanes) is 1. The van der Waals surface area contributed by atoms with Crippen LogP contribution in [0.3, 0.4) is 0 Å². The highest BCUT2D eigenvalue weighted by atomic mass is 16.2. The average molecular weight is 249 g/mol. The first-order valence-corrected chi connectivity index (χ1v) is 6.84. The van der Waals surface area contributed by atoms with Crippen LogP contribution in [-0.4, -0.2) is 22.4 Å². The fourth-order valence-corrected chi connectivity index (χ4v) is 1.75. The number of carbonyl (C=O) groups excluding carboxylic acids is 1. The Morgan fingerprint density at radius 1 is 1.17 bits per heavy atom. The molecule has 100 valence electrons. The second-order valence-corrected chi connectivity index (χ2v) is 4.39. The van der Waals surface area contributed by atoms with Crippen LogP contribution in [0.5, 0.6) is 0 Å². The molecule has 1 heterocycles. The lowest BCUT2D eigenvalue weighted by Gasteiger charge is -2.19. The Balaban J connectivity index is 2.76. The number of rotatable bonds is 7. The van der Waals surface area contributed by atoms with Crippen molar-refractivity contribution in [2.24, 2.45) is 0 Å². The van der Waals surface area contributed by atoms with E-state index in [4.69, 9.17) is 0 Å². The molecular formula is C14H23N3O. The minimum absolute atomic E-state index is 0.0816. The minimum Gasteiger partial charge on any atom is -0.281 e. The van der Waals surface area contributed by atoms with Crippen LogP contribution in [0.2, 0.25) is 0 Å². The van der Waals surface area contributed by atoms with E-state index in [1.54, 1.807) is 4.90 Å². The van der Waals surface area contributed by atoms with Gasteiger partial charge in [-0.05, 0) is 24.8 Å². The van der Waals surface area contributed by atoms with E-state index < -0.39 is 0 Å². The van der Waals surface area contributed by atoms with Gasteiger partial charge in [0.15, 0.2) is 0 Å². The molecule has 0 bridgehead atoms. The van der Waals surface area contributed by atoms with Crippen LogP contribution in [0.4, 0.5) is 5.95 Å². The summed E-state index contributed by atoms with van der Waals surface area (Å²) in [5, 5.41) is 0. The molecule has 0 radical (unpaired) electrons. The third kappa shape index (κ3) is 4.09. The zero-order chi connectivity index (χ0) is 13.4. The van der Waals surface area contributed by atoms with E-state index in [0.29, 0.717) is 18.9 Å². The van der Waals surface area contributed by atoms with Crippen molar-refractivity contribution in [2.75, 3.05) is 11.4 Å². The molecule has 4 heteroatoms. The SMILES string of the molecule is CCCCc1cnc(N(CCC)C(=O)CC)nc1. The van der Waals surface area contributed by atoms with Crippen molar-refractivity contribution in [1.29, 1.82) is 0 Å². The molecule has 0 N–H and O–H groups in total. The first-order chi connectivity index (χ1) is 8.72. The summed E-state index contributed by atoms with van der Waals surface area (Å²) in [7, 11) is 0. The molecule has 0 saturated carbocycles.